The number of pyridine rings is 1. The van der Waals surface area contributed by atoms with Gasteiger partial charge in [0.25, 0.3) is 0 Å². The van der Waals surface area contributed by atoms with Crippen molar-refractivity contribution in [2.24, 2.45) is 5.92 Å². The molecule has 2 aromatic rings. The number of piperidine rings is 1. The first-order valence-electron chi connectivity index (χ1n) is 9.07. The Morgan fingerprint density at radius 1 is 1.23 bits per heavy atom. The van der Waals surface area contributed by atoms with Crippen molar-refractivity contribution in [1.82, 2.24) is 14.8 Å². The summed E-state index contributed by atoms with van der Waals surface area (Å²) in [5.74, 6) is 0.400. The van der Waals surface area contributed by atoms with Gasteiger partial charge < -0.3 is 9.80 Å². The molecule has 0 aromatic carbocycles. The summed E-state index contributed by atoms with van der Waals surface area (Å²) < 4.78 is 0. The molecule has 1 aliphatic rings. The average molecular weight is 372 g/mol. The molecule has 1 fully saturated rings. The Labute approximate surface area is 158 Å². The Hall–Kier alpha value is -2.21. The first-order chi connectivity index (χ1) is 12.6. The van der Waals surface area contributed by atoms with Crippen molar-refractivity contribution in [2.75, 3.05) is 26.7 Å². The number of aromatic nitrogens is 1. The minimum atomic E-state index is 0.0308. The number of likely N-dealkylation sites (N-methyl/N-ethyl adjacent to an activating group) is 1. The Morgan fingerprint density at radius 2 is 1.96 bits per heavy atom. The summed E-state index contributed by atoms with van der Waals surface area (Å²) in [6.07, 6.45) is 6.38. The van der Waals surface area contributed by atoms with Crippen LogP contribution in [-0.2, 0) is 22.4 Å². The molecule has 5 nitrogen and oxygen atoms in total. The number of nitrogens with zero attached hydrogens (tertiary/aromatic N) is 3. The quantitative estimate of drug-likeness (QED) is 0.784. The number of likely N-dealkylation sites (tertiary alicyclic amines) is 1. The number of carbonyl (C=O) groups is 2. The highest BCUT2D eigenvalue weighted by molar-refractivity contribution is 7.10. The van der Waals surface area contributed by atoms with E-state index in [1.807, 2.05) is 46.5 Å². The summed E-state index contributed by atoms with van der Waals surface area (Å²) >= 11 is 1.62. The number of hydrogen-bond acceptors (Lipinski definition) is 4. The molecule has 26 heavy (non-hydrogen) atoms. The van der Waals surface area contributed by atoms with Crippen LogP contribution in [0.15, 0.2) is 42.0 Å². The van der Waals surface area contributed by atoms with E-state index in [0.717, 1.165) is 24.1 Å². The van der Waals surface area contributed by atoms with Gasteiger partial charge in [-0.15, -0.1) is 11.3 Å². The third-order valence-corrected chi connectivity index (χ3v) is 5.84. The molecule has 1 aliphatic heterocycles. The molecular formula is C20H25N3O2S. The first kappa shape index (κ1) is 18.6. The molecule has 0 spiro atoms. The maximum atomic E-state index is 12.7. The number of amides is 2. The molecule has 2 aromatic heterocycles. The second-order valence-electron chi connectivity index (χ2n) is 6.78. The van der Waals surface area contributed by atoms with Crippen molar-refractivity contribution in [3.05, 3.63) is 52.5 Å². The topological polar surface area (TPSA) is 53.5 Å². The van der Waals surface area contributed by atoms with Crippen LogP contribution in [-0.4, -0.2) is 53.3 Å². The van der Waals surface area contributed by atoms with E-state index >= 15 is 0 Å². The fraction of sp³-hybridized carbons (Fsp3) is 0.450. The van der Waals surface area contributed by atoms with Crippen molar-refractivity contribution < 1.29 is 9.59 Å². The van der Waals surface area contributed by atoms with Crippen molar-refractivity contribution in [1.29, 1.82) is 0 Å². The van der Waals surface area contributed by atoms with E-state index in [2.05, 4.69) is 4.98 Å². The van der Waals surface area contributed by atoms with Crippen LogP contribution in [0.5, 0.6) is 0 Å². The molecule has 138 valence electrons. The summed E-state index contributed by atoms with van der Waals surface area (Å²) in [6.45, 7) is 2.07. The van der Waals surface area contributed by atoms with Crippen LogP contribution in [0.4, 0.5) is 0 Å². The highest BCUT2D eigenvalue weighted by Gasteiger charge is 2.29. The molecule has 0 radical (unpaired) electrons. The van der Waals surface area contributed by atoms with Gasteiger partial charge >= 0.3 is 0 Å². The predicted octanol–water partition coefficient (Wildman–Crippen LogP) is 2.63. The molecule has 3 rings (SSSR count). The lowest BCUT2D eigenvalue weighted by Crippen LogP contribution is -2.44. The summed E-state index contributed by atoms with van der Waals surface area (Å²) in [7, 11) is 1.87. The third kappa shape index (κ3) is 4.91. The molecule has 2 amide bonds. The van der Waals surface area contributed by atoms with E-state index in [9.17, 15) is 9.59 Å². The monoisotopic (exact) mass is 371 g/mol. The van der Waals surface area contributed by atoms with Gasteiger partial charge in [0.05, 0.1) is 6.42 Å². The first-order valence-corrected chi connectivity index (χ1v) is 9.95. The number of rotatable bonds is 6. The number of thiophene rings is 1. The maximum Gasteiger partial charge on any atom is 0.227 e. The number of hydrogen-bond donors (Lipinski definition) is 0. The molecule has 0 bridgehead atoms. The Bertz CT molecular complexity index is 710. The second-order valence-corrected chi connectivity index (χ2v) is 7.81. The molecule has 6 heteroatoms. The standard InChI is InChI=1S/C20H25N3O2S/c1-22(11-6-16-4-9-21-10-5-16)20(25)17-7-12-23(13-8-17)19(24)15-18-3-2-14-26-18/h2-5,9-10,14,17H,6-8,11-13,15H2,1H3. The highest BCUT2D eigenvalue weighted by atomic mass is 32.1. The summed E-state index contributed by atoms with van der Waals surface area (Å²) in [5.41, 5.74) is 1.19. The van der Waals surface area contributed by atoms with Crippen molar-refractivity contribution in [2.45, 2.75) is 25.7 Å². The maximum absolute atomic E-state index is 12.7. The fourth-order valence-electron chi connectivity index (χ4n) is 3.32. The average Bonchev–Trinajstić information content (AvgIpc) is 3.19. The van der Waals surface area contributed by atoms with Crippen molar-refractivity contribution in [3.8, 4) is 0 Å². The summed E-state index contributed by atoms with van der Waals surface area (Å²) in [4.78, 5) is 33.9. The van der Waals surface area contributed by atoms with Gasteiger partial charge in [-0.3, -0.25) is 14.6 Å². The van der Waals surface area contributed by atoms with Crippen LogP contribution in [0.3, 0.4) is 0 Å². The van der Waals surface area contributed by atoms with Crippen LogP contribution in [0.25, 0.3) is 0 Å². The van der Waals surface area contributed by atoms with Crippen LogP contribution < -0.4 is 0 Å². The Kier molecular flexibility index (Phi) is 6.39. The van der Waals surface area contributed by atoms with Gasteiger partial charge in [-0.2, -0.15) is 0 Å². The van der Waals surface area contributed by atoms with E-state index in [0.29, 0.717) is 26.1 Å². The lowest BCUT2D eigenvalue weighted by molar-refractivity contribution is -0.139. The van der Waals surface area contributed by atoms with E-state index in [1.54, 1.807) is 23.7 Å². The van der Waals surface area contributed by atoms with Gasteiger partial charge in [0.2, 0.25) is 11.8 Å². The molecule has 3 heterocycles. The molecule has 0 saturated carbocycles. The third-order valence-electron chi connectivity index (χ3n) is 4.96. The van der Waals surface area contributed by atoms with E-state index < -0.39 is 0 Å². The van der Waals surface area contributed by atoms with E-state index in [-0.39, 0.29) is 17.7 Å². The van der Waals surface area contributed by atoms with Crippen molar-refractivity contribution >= 4 is 23.2 Å². The minimum absolute atomic E-state index is 0.0308. The molecule has 0 unspecified atom stereocenters. The van der Waals surface area contributed by atoms with Crippen LogP contribution >= 0.6 is 11.3 Å². The molecule has 0 N–H and O–H groups in total. The van der Waals surface area contributed by atoms with Gasteiger partial charge in [-0.05, 0) is 48.4 Å². The minimum Gasteiger partial charge on any atom is -0.345 e. The number of carbonyl (C=O) groups excluding carboxylic acids is 2. The van der Waals surface area contributed by atoms with Gasteiger partial charge in [-0.25, -0.2) is 0 Å². The normalized spacial score (nSPS) is 15.0. The Balaban J connectivity index is 1.43. The Morgan fingerprint density at radius 3 is 2.62 bits per heavy atom. The molecule has 0 atom stereocenters. The van der Waals surface area contributed by atoms with Gasteiger partial charge in [0, 0.05) is 49.9 Å². The SMILES string of the molecule is CN(CCc1ccncc1)C(=O)C1CCN(C(=O)Cc2cccs2)CC1. The van der Waals surface area contributed by atoms with Gasteiger partial charge in [0.15, 0.2) is 0 Å². The van der Waals surface area contributed by atoms with E-state index in [4.69, 9.17) is 0 Å². The largest absolute Gasteiger partial charge is 0.345 e. The lowest BCUT2D eigenvalue weighted by atomic mass is 9.95. The predicted molar refractivity (Wildman–Crippen MR) is 103 cm³/mol. The molecular weight excluding hydrogens is 346 g/mol. The summed E-state index contributed by atoms with van der Waals surface area (Å²) in [6, 6.07) is 7.93. The highest BCUT2D eigenvalue weighted by Crippen LogP contribution is 2.21. The zero-order valence-corrected chi connectivity index (χ0v) is 16.0. The van der Waals surface area contributed by atoms with Crippen LogP contribution in [0.1, 0.15) is 23.3 Å². The molecule has 0 aliphatic carbocycles. The van der Waals surface area contributed by atoms with E-state index in [1.165, 1.54) is 5.56 Å². The zero-order valence-electron chi connectivity index (χ0n) is 15.1. The van der Waals surface area contributed by atoms with Crippen molar-refractivity contribution in [3.63, 3.8) is 0 Å². The van der Waals surface area contributed by atoms with Gasteiger partial charge in [0.1, 0.15) is 0 Å². The molecule has 1 saturated heterocycles. The fourth-order valence-corrected chi connectivity index (χ4v) is 4.01. The summed E-state index contributed by atoms with van der Waals surface area (Å²) in [5, 5.41) is 2.00. The van der Waals surface area contributed by atoms with Crippen LogP contribution in [0.2, 0.25) is 0 Å². The lowest BCUT2D eigenvalue weighted by Gasteiger charge is -2.33. The van der Waals surface area contributed by atoms with Crippen LogP contribution in [0, 0.1) is 5.92 Å². The zero-order chi connectivity index (χ0) is 18.4. The second kappa shape index (κ2) is 8.94. The smallest absolute Gasteiger partial charge is 0.227 e. The van der Waals surface area contributed by atoms with Gasteiger partial charge in [-0.1, -0.05) is 6.07 Å².